The molecule has 0 saturated heterocycles. The molecule has 1 atom stereocenters. The Labute approximate surface area is 77.8 Å². The first-order valence-electron chi connectivity index (χ1n) is 3.84. The zero-order valence-electron chi connectivity index (χ0n) is 6.96. The Balaban J connectivity index is 2.48. The first kappa shape index (κ1) is 8.61. The second-order valence-corrected chi connectivity index (χ2v) is 2.76. The van der Waals surface area contributed by atoms with Crippen LogP contribution >= 0.6 is 0 Å². The Hall–Kier alpha value is -1.98. The molecule has 1 unspecified atom stereocenters. The maximum Gasteiger partial charge on any atom is 0.343 e. The Bertz CT molecular complexity index is 482. The molecule has 2 rings (SSSR count). The first-order valence-corrected chi connectivity index (χ1v) is 3.84. The normalized spacial score (nSPS) is 12.9. The van der Waals surface area contributed by atoms with E-state index in [4.69, 9.17) is 5.11 Å². The van der Waals surface area contributed by atoms with Gasteiger partial charge in [-0.2, -0.15) is 0 Å². The van der Waals surface area contributed by atoms with Crippen LogP contribution in [0.2, 0.25) is 0 Å². The third-order valence-corrected chi connectivity index (χ3v) is 1.82. The third-order valence-electron chi connectivity index (χ3n) is 1.82. The zero-order valence-corrected chi connectivity index (χ0v) is 6.96. The van der Waals surface area contributed by atoms with Crippen LogP contribution in [0, 0.1) is 0 Å². The smallest absolute Gasteiger partial charge is 0.343 e. The van der Waals surface area contributed by atoms with Gasteiger partial charge < -0.3 is 5.11 Å². The lowest BCUT2D eigenvalue weighted by atomic mass is 10.2. The highest BCUT2D eigenvalue weighted by molar-refractivity contribution is 5.74. The molecule has 0 saturated carbocycles. The number of fused-ring (bicyclic) bond motifs is 1. The molecule has 2 aromatic heterocycles. The lowest BCUT2D eigenvalue weighted by Crippen LogP contribution is -2.06. The first-order chi connectivity index (χ1) is 6.68. The van der Waals surface area contributed by atoms with Crippen LogP contribution in [0.3, 0.4) is 0 Å². The van der Waals surface area contributed by atoms with Crippen LogP contribution in [0.25, 0.3) is 5.65 Å². The van der Waals surface area contributed by atoms with E-state index in [0.29, 0.717) is 5.65 Å². The van der Waals surface area contributed by atoms with E-state index in [2.05, 4.69) is 10.2 Å². The van der Waals surface area contributed by atoms with Crippen molar-refractivity contribution in [3.63, 3.8) is 0 Å². The highest BCUT2D eigenvalue weighted by atomic mass is 19.1. The van der Waals surface area contributed by atoms with Gasteiger partial charge in [-0.05, 0) is 6.07 Å². The molecular weight excluding hydrogens is 189 g/mol. The van der Waals surface area contributed by atoms with E-state index < -0.39 is 12.1 Å². The third kappa shape index (κ3) is 1.30. The summed E-state index contributed by atoms with van der Waals surface area (Å²) < 4.78 is 14.5. The summed E-state index contributed by atoms with van der Waals surface area (Å²) in [6.45, 7) is 0. The number of aliphatic carboxylic acids is 1. The molecule has 2 aromatic rings. The van der Waals surface area contributed by atoms with Gasteiger partial charge in [0.25, 0.3) is 0 Å². The van der Waals surface area contributed by atoms with Crippen molar-refractivity contribution in [2.45, 2.75) is 6.17 Å². The fraction of sp³-hybridized carbons (Fsp3) is 0.125. The van der Waals surface area contributed by atoms with Crippen LogP contribution in [-0.2, 0) is 4.79 Å². The van der Waals surface area contributed by atoms with Gasteiger partial charge in [-0.1, -0.05) is 6.07 Å². The molecule has 0 fully saturated rings. The molecule has 0 aliphatic heterocycles. The summed E-state index contributed by atoms with van der Waals surface area (Å²) in [6.07, 6.45) is 0.725. The molecule has 0 aliphatic rings. The van der Waals surface area contributed by atoms with Crippen molar-refractivity contribution in [2.24, 2.45) is 0 Å². The van der Waals surface area contributed by atoms with Gasteiger partial charge >= 0.3 is 5.97 Å². The molecule has 0 aromatic carbocycles. The second-order valence-electron chi connectivity index (χ2n) is 2.76. The fourth-order valence-corrected chi connectivity index (χ4v) is 1.14. The van der Waals surface area contributed by atoms with Crippen LogP contribution in [0.4, 0.5) is 4.39 Å². The van der Waals surface area contributed by atoms with Crippen molar-refractivity contribution >= 4 is 11.6 Å². The van der Waals surface area contributed by atoms with E-state index in [0.717, 1.165) is 0 Å². The standard InChI is InChI=1S/C8H6FN3O2/c9-7(8(13)14)5-1-2-6-11-10-4-12(6)3-5/h1-4,7H,(H,13,14). The van der Waals surface area contributed by atoms with E-state index in [1.54, 1.807) is 0 Å². The Morgan fingerprint density at radius 3 is 3.07 bits per heavy atom. The summed E-state index contributed by atoms with van der Waals surface area (Å²) in [6, 6.07) is 2.89. The topological polar surface area (TPSA) is 67.5 Å². The Morgan fingerprint density at radius 2 is 2.36 bits per heavy atom. The molecule has 2 heterocycles. The summed E-state index contributed by atoms with van der Waals surface area (Å²) in [5, 5.41) is 15.7. The van der Waals surface area contributed by atoms with Gasteiger partial charge in [-0.15, -0.1) is 10.2 Å². The van der Waals surface area contributed by atoms with Crippen LogP contribution < -0.4 is 0 Å². The van der Waals surface area contributed by atoms with Crippen molar-refractivity contribution in [3.05, 3.63) is 30.2 Å². The Kier molecular flexibility index (Phi) is 1.88. The number of pyridine rings is 1. The highest BCUT2D eigenvalue weighted by Gasteiger charge is 2.18. The summed E-state index contributed by atoms with van der Waals surface area (Å²) in [4.78, 5) is 10.4. The van der Waals surface area contributed by atoms with Crippen molar-refractivity contribution in [3.8, 4) is 0 Å². The number of nitrogens with zero attached hydrogens (tertiary/aromatic N) is 3. The number of carbonyl (C=O) groups is 1. The predicted molar refractivity (Wildman–Crippen MR) is 44.5 cm³/mol. The fourth-order valence-electron chi connectivity index (χ4n) is 1.14. The quantitative estimate of drug-likeness (QED) is 0.770. The van der Waals surface area contributed by atoms with Crippen LogP contribution in [0.15, 0.2) is 24.7 Å². The van der Waals surface area contributed by atoms with Crippen molar-refractivity contribution in [1.82, 2.24) is 14.6 Å². The number of rotatable bonds is 2. The van der Waals surface area contributed by atoms with E-state index in [1.807, 2.05) is 0 Å². The molecule has 0 spiro atoms. The molecule has 1 N–H and O–H groups in total. The van der Waals surface area contributed by atoms with Crippen molar-refractivity contribution in [2.75, 3.05) is 0 Å². The van der Waals surface area contributed by atoms with Crippen molar-refractivity contribution in [1.29, 1.82) is 0 Å². The molecule has 72 valence electrons. The monoisotopic (exact) mass is 195 g/mol. The number of aromatic nitrogens is 3. The maximum absolute atomic E-state index is 13.0. The summed E-state index contributed by atoms with van der Waals surface area (Å²) in [7, 11) is 0. The van der Waals surface area contributed by atoms with Crippen LogP contribution in [0.5, 0.6) is 0 Å². The number of halogens is 1. The second kappa shape index (κ2) is 3.06. The Morgan fingerprint density at radius 1 is 1.57 bits per heavy atom. The molecule has 0 radical (unpaired) electrons. The minimum Gasteiger partial charge on any atom is -0.479 e. The summed E-state index contributed by atoms with van der Waals surface area (Å²) >= 11 is 0. The maximum atomic E-state index is 13.0. The zero-order chi connectivity index (χ0) is 10.1. The number of alkyl halides is 1. The predicted octanol–water partition coefficient (Wildman–Crippen LogP) is 0.824. The molecule has 5 nitrogen and oxygen atoms in total. The number of carboxylic acid groups (broad SMARTS) is 1. The lowest BCUT2D eigenvalue weighted by molar-refractivity contribution is -0.143. The van der Waals surface area contributed by atoms with Gasteiger partial charge in [0.1, 0.15) is 6.33 Å². The van der Waals surface area contributed by atoms with Gasteiger partial charge in [0.2, 0.25) is 6.17 Å². The van der Waals surface area contributed by atoms with Gasteiger partial charge in [-0.25, -0.2) is 9.18 Å². The molecule has 0 amide bonds. The van der Waals surface area contributed by atoms with E-state index in [9.17, 15) is 9.18 Å². The van der Waals surface area contributed by atoms with Crippen LogP contribution in [-0.4, -0.2) is 25.7 Å². The van der Waals surface area contributed by atoms with Gasteiger partial charge in [0.05, 0.1) is 0 Å². The number of carboxylic acids is 1. The highest BCUT2D eigenvalue weighted by Crippen LogP contribution is 2.17. The number of hydrogen-bond acceptors (Lipinski definition) is 3. The average molecular weight is 195 g/mol. The van der Waals surface area contributed by atoms with Crippen LogP contribution in [0.1, 0.15) is 11.7 Å². The average Bonchev–Trinajstić information content (AvgIpc) is 2.62. The SMILES string of the molecule is O=C(O)C(F)c1ccc2nncn2c1. The molecule has 14 heavy (non-hydrogen) atoms. The largest absolute Gasteiger partial charge is 0.479 e. The van der Waals surface area contributed by atoms with Gasteiger partial charge in [0.15, 0.2) is 5.65 Å². The molecule has 0 bridgehead atoms. The van der Waals surface area contributed by atoms with E-state index >= 15 is 0 Å². The van der Waals surface area contributed by atoms with Crippen molar-refractivity contribution < 1.29 is 14.3 Å². The van der Waals surface area contributed by atoms with E-state index in [-0.39, 0.29) is 5.56 Å². The van der Waals surface area contributed by atoms with Gasteiger partial charge in [0, 0.05) is 11.8 Å². The minimum atomic E-state index is -2.01. The van der Waals surface area contributed by atoms with Gasteiger partial charge in [-0.3, -0.25) is 4.40 Å². The lowest BCUT2D eigenvalue weighted by Gasteiger charge is -2.02. The minimum absolute atomic E-state index is 0.0739. The molecule has 0 aliphatic carbocycles. The molecule has 6 heteroatoms. The summed E-state index contributed by atoms with van der Waals surface area (Å²) in [5.74, 6) is -1.50. The molecular formula is C8H6FN3O2. The summed E-state index contributed by atoms with van der Waals surface area (Å²) in [5.41, 5.74) is 0.621. The van der Waals surface area contributed by atoms with E-state index in [1.165, 1.54) is 29.1 Å². The number of hydrogen-bond donors (Lipinski definition) is 1.